The molecule has 0 aliphatic heterocycles. The highest BCUT2D eigenvalue weighted by atomic mass is 28.4. The second kappa shape index (κ2) is 13.6. The minimum absolute atomic E-state index is 0.479. The minimum atomic E-state index is -1.62. The van der Waals surface area contributed by atoms with Crippen molar-refractivity contribution in [2.75, 3.05) is 0 Å². The molecule has 21 heavy (non-hydrogen) atoms. The quantitative estimate of drug-likeness (QED) is 0.233. The third-order valence-corrected chi connectivity index (χ3v) is 6.15. The minimum Gasteiger partial charge on any atom is -0.411 e. The van der Waals surface area contributed by atoms with E-state index in [9.17, 15) is 0 Å². The van der Waals surface area contributed by atoms with Crippen molar-refractivity contribution in [2.24, 2.45) is 0 Å². The fraction of sp³-hybridized carbons (Fsp3) is 0.895. The van der Waals surface area contributed by atoms with Gasteiger partial charge in [-0.1, -0.05) is 83.8 Å². The SMILES string of the molecule is C=C[Si](C)(C)OC(CCCCC)CCCCCCCCC. The molecule has 0 saturated heterocycles. The Morgan fingerprint density at radius 3 is 1.76 bits per heavy atom. The average molecular weight is 313 g/mol. The summed E-state index contributed by atoms with van der Waals surface area (Å²) in [5, 5.41) is 0. The van der Waals surface area contributed by atoms with Gasteiger partial charge in [0.25, 0.3) is 0 Å². The first-order valence-electron chi connectivity index (χ1n) is 9.37. The third-order valence-electron chi connectivity index (χ3n) is 4.22. The molecule has 1 unspecified atom stereocenters. The van der Waals surface area contributed by atoms with Crippen molar-refractivity contribution in [3.05, 3.63) is 12.3 Å². The summed E-state index contributed by atoms with van der Waals surface area (Å²) in [6.45, 7) is 13.0. The molecule has 0 saturated carbocycles. The molecule has 126 valence electrons. The van der Waals surface area contributed by atoms with Gasteiger partial charge in [0.15, 0.2) is 0 Å². The third kappa shape index (κ3) is 13.3. The van der Waals surface area contributed by atoms with Crippen molar-refractivity contribution < 1.29 is 4.43 Å². The average Bonchev–Trinajstić information content (AvgIpc) is 2.46. The first-order valence-corrected chi connectivity index (χ1v) is 12.4. The Kier molecular flexibility index (Phi) is 13.5. The van der Waals surface area contributed by atoms with Gasteiger partial charge in [-0.2, -0.15) is 0 Å². The van der Waals surface area contributed by atoms with Crippen LogP contribution in [0.3, 0.4) is 0 Å². The topological polar surface area (TPSA) is 9.23 Å². The van der Waals surface area contributed by atoms with Crippen molar-refractivity contribution in [3.63, 3.8) is 0 Å². The van der Waals surface area contributed by atoms with Gasteiger partial charge in [0.05, 0.1) is 0 Å². The van der Waals surface area contributed by atoms with E-state index in [1.54, 1.807) is 0 Å². The Hall–Kier alpha value is -0.0831. The lowest BCUT2D eigenvalue weighted by atomic mass is 10.0. The molecule has 1 atom stereocenters. The van der Waals surface area contributed by atoms with Crippen LogP contribution < -0.4 is 0 Å². The van der Waals surface area contributed by atoms with E-state index in [0.717, 1.165) is 0 Å². The standard InChI is InChI=1S/C19H40OSi/c1-6-9-11-12-13-14-16-18-19(17-15-10-7-2)20-21(4,5)8-3/h8,19H,3,6-7,9-18H2,1-2,4-5H3. The largest absolute Gasteiger partial charge is 0.411 e. The van der Waals surface area contributed by atoms with E-state index in [2.05, 4.69) is 39.2 Å². The molecule has 0 amide bonds. The highest BCUT2D eigenvalue weighted by Crippen LogP contribution is 2.20. The number of rotatable bonds is 15. The van der Waals surface area contributed by atoms with Crippen LogP contribution in [0.5, 0.6) is 0 Å². The van der Waals surface area contributed by atoms with Crippen LogP contribution in [0, 0.1) is 0 Å². The molecule has 2 heteroatoms. The second-order valence-corrected chi connectivity index (χ2v) is 10.8. The number of hydrogen-bond acceptors (Lipinski definition) is 1. The Balaban J connectivity index is 3.90. The maximum absolute atomic E-state index is 6.40. The van der Waals surface area contributed by atoms with Crippen LogP contribution in [0.15, 0.2) is 12.3 Å². The first-order chi connectivity index (χ1) is 10.1. The van der Waals surface area contributed by atoms with Crippen LogP contribution in [0.1, 0.15) is 90.9 Å². The van der Waals surface area contributed by atoms with Gasteiger partial charge < -0.3 is 4.43 Å². The lowest BCUT2D eigenvalue weighted by molar-refractivity contribution is 0.167. The summed E-state index contributed by atoms with van der Waals surface area (Å²) in [5.41, 5.74) is 2.07. The summed E-state index contributed by atoms with van der Waals surface area (Å²) in [6.07, 6.45) is 16.6. The maximum atomic E-state index is 6.40. The molecular weight excluding hydrogens is 272 g/mol. The molecule has 0 aromatic carbocycles. The van der Waals surface area contributed by atoms with Gasteiger partial charge in [-0.25, -0.2) is 0 Å². The lowest BCUT2D eigenvalue weighted by Gasteiger charge is -2.27. The molecule has 0 fully saturated rings. The van der Waals surface area contributed by atoms with E-state index in [4.69, 9.17) is 4.43 Å². The molecule has 0 heterocycles. The molecule has 0 rings (SSSR count). The zero-order chi connectivity index (χ0) is 16.0. The van der Waals surface area contributed by atoms with E-state index < -0.39 is 8.32 Å². The molecule has 0 aliphatic carbocycles. The van der Waals surface area contributed by atoms with Crippen LogP contribution in [0.25, 0.3) is 0 Å². The van der Waals surface area contributed by atoms with E-state index in [1.807, 2.05) is 0 Å². The summed E-state index contributed by atoms with van der Waals surface area (Å²) >= 11 is 0. The molecule has 0 N–H and O–H groups in total. The monoisotopic (exact) mass is 312 g/mol. The van der Waals surface area contributed by atoms with Gasteiger partial charge >= 0.3 is 0 Å². The van der Waals surface area contributed by atoms with Crippen molar-refractivity contribution in [2.45, 2.75) is 110 Å². The van der Waals surface area contributed by atoms with Crippen molar-refractivity contribution in [1.82, 2.24) is 0 Å². The van der Waals surface area contributed by atoms with Crippen molar-refractivity contribution in [1.29, 1.82) is 0 Å². The zero-order valence-corrected chi connectivity index (χ0v) is 16.3. The summed E-state index contributed by atoms with van der Waals surface area (Å²) in [4.78, 5) is 0. The molecule has 0 radical (unpaired) electrons. The van der Waals surface area contributed by atoms with Gasteiger partial charge in [-0.05, 0) is 25.9 Å². The van der Waals surface area contributed by atoms with Gasteiger partial charge in [0.1, 0.15) is 0 Å². The van der Waals surface area contributed by atoms with Crippen molar-refractivity contribution >= 4 is 8.32 Å². The molecule has 0 aliphatic rings. The van der Waals surface area contributed by atoms with Gasteiger partial charge in [-0.15, -0.1) is 6.58 Å². The highest BCUT2D eigenvalue weighted by Gasteiger charge is 2.22. The zero-order valence-electron chi connectivity index (χ0n) is 15.3. The molecule has 0 bridgehead atoms. The summed E-state index contributed by atoms with van der Waals surface area (Å²) in [5.74, 6) is 0. The van der Waals surface area contributed by atoms with Crippen LogP contribution >= 0.6 is 0 Å². The van der Waals surface area contributed by atoms with Crippen molar-refractivity contribution in [3.8, 4) is 0 Å². The lowest BCUT2D eigenvalue weighted by Crippen LogP contribution is -2.33. The maximum Gasteiger partial charge on any atom is 0.210 e. The van der Waals surface area contributed by atoms with E-state index in [0.29, 0.717) is 6.10 Å². The van der Waals surface area contributed by atoms with Crippen LogP contribution in [0.2, 0.25) is 13.1 Å². The molecule has 1 nitrogen and oxygen atoms in total. The molecule has 0 aromatic heterocycles. The Morgan fingerprint density at radius 1 is 0.810 bits per heavy atom. The Morgan fingerprint density at radius 2 is 1.24 bits per heavy atom. The molecular formula is C19H40OSi. The normalized spacial score (nSPS) is 13.3. The van der Waals surface area contributed by atoms with E-state index in [1.165, 1.54) is 77.0 Å². The Bertz CT molecular complexity index is 238. The number of unbranched alkanes of at least 4 members (excludes halogenated alkanes) is 8. The number of hydrogen-bond donors (Lipinski definition) is 0. The van der Waals surface area contributed by atoms with Crippen LogP contribution in [-0.4, -0.2) is 14.4 Å². The van der Waals surface area contributed by atoms with Gasteiger partial charge in [0.2, 0.25) is 8.32 Å². The second-order valence-electron chi connectivity index (χ2n) is 6.95. The van der Waals surface area contributed by atoms with E-state index in [-0.39, 0.29) is 0 Å². The van der Waals surface area contributed by atoms with Crippen LogP contribution in [0.4, 0.5) is 0 Å². The predicted octanol–water partition coefficient (Wildman–Crippen LogP) is 7.02. The first kappa shape index (κ1) is 20.9. The highest BCUT2D eigenvalue weighted by molar-refractivity contribution is 6.76. The molecule has 0 aromatic rings. The van der Waals surface area contributed by atoms with Gasteiger partial charge in [-0.3, -0.25) is 0 Å². The summed E-state index contributed by atoms with van der Waals surface area (Å²) in [7, 11) is -1.62. The summed E-state index contributed by atoms with van der Waals surface area (Å²) < 4.78 is 6.40. The fourth-order valence-electron chi connectivity index (χ4n) is 2.69. The predicted molar refractivity (Wildman–Crippen MR) is 99.3 cm³/mol. The fourth-order valence-corrected chi connectivity index (χ4v) is 3.88. The van der Waals surface area contributed by atoms with Crippen LogP contribution in [-0.2, 0) is 4.43 Å². The van der Waals surface area contributed by atoms with Gasteiger partial charge in [0, 0.05) is 6.10 Å². The molecule has 0 spiro atoms. The Labute approximate surface area is 135 Å². The summed E-state index contributed by atoms with van der Waals surface area (Å²) in [6, 6.07) is 0. The van der Waals surface area contributed by atoms with E-state index >= 15 is 0 Å². The smallest absolute Gasteiger partial charge is 0.210 e.